The van der Waals surface area contributed by atoms with Gasteiger partial charge in [0, 0.05) is 0 Å². The van der Waals surface area contributed by atoms with Gasteiger partial charge in [-0.25, -0.2) is 0 Å². The first-order valence-corrected chi connectivity index (χ1v) is 7.44. The lowest BCUT2D eigenvalue weighted by molar-refractivity contribution is -0.189. The Hall–Kier alpha value is -2.56. The molecule has 1 aliphatic rings. The van der Waals surface area contributed by atoms with Gasteiger partial charge in [-0.05, 0) is 28.7 Å². The van der Waals surface area contributed by atoms with Gasteiger partial charge in [-0.1, -0.05) is 54.6 Å². The molecule has 0 spiro atoms. The Morgan fingerprint density at radius 3 is 2.00 bits per heavy atom. The summed E-state index contributed by atoms with van der Waals surface area (Å²) in [4.78, 5) is 12.8. The Morgan fingerprint density at radius 2 is 1.54 bits per heavy atom. The second-order valence-corrected chi connectivity index (χ2v) is 5.68. The van der Waals surface area contributed by atoms with Crippen molar-refractivity contribution in [3.63, 3.8) is 0 Å². The molecule has 0 amide bonds. The van der Waals surface area contributed by atoms with Crippen molar-refractivity contribution in [3.05, 3.63) is 72.3 Å². The number of alkyl halides is 3. The fourth-order valence-electron chi connectivity index (χ4n) is 3.34. The Bertz CT molecular complexity index is 748. The Labute approximate surface area is 137 Å². The lowest BCUT2D eigenvalue weighted by Gasteiger charge is -2.28. The van der Waals surface area contributed by atoms with Crippen molar-refractivity contribution in [3.8, 4) is 11.1 Å². The number of rotatable bonds is 4. The molecular formula is C19H15F3O2. The maximum atomic E-state index is 12.8. The molecular weight excluding hydrogens is 317 g/mol. The molecule has 0 radical (unpaired) electrons. The molecule has 0 N–H and O–H groups in total. The van der Waals surface area contributed by atoms with Gasteiger partial charge in [0.1, 0.15) is 5.41 Å². The molecule has 2 aromatic carbocycles. The number of ether oxygens (including phenoxy) is 1. The van der Waals surface area contributed by atoms with Gasteiger partial charge in [-0.3, -0.25) is 4.79 Å². The molecule has 0 saturated heterocycles. The maximum Gasteiger partial charge on any atom is 0.422 e. The molecule has 3 rings (SSSR count). The summed E-state index contributed by atoms with van der Waals surface area (Å²) in [6.45, 7) is 2.07. The summed E-state index contributed by atoms with van der Waals surface area (Å²) in [6.07, 6.45) is -2.87. The van der Waals surface area contributed by atoms with Gasteiger partial charge in [0.05, 0.1) is 0 Å². The molecule has 124 valence electrons. The highest BCUT2D eigenvalue weighted by atomic mass is 19.4. The van der Waals surface area contributed by atoms with Crippen LogP contribution in [-0.2, 0) is 14.9 Å². The van der Waals surface area contributed by atoms with Gasteiger partial charge in [-0.15, -0.1) is 6.58 Å². The average molecular weight is 332 g/mol. The third-order valence-corrected chi connectivity index (χ3v) is 4.23. The molecule has 1 aliphatic carbocycles. The molecule has 0 fully saturated rings. The maximum absolute atomic E-state index is 12.8. The minimum absolute atomic E-state index is 0.164. The minimum Gasteiger partial charge on any atom is -0.455 e. The fraction of sp³-hybridized carbons (Fsp3) is 0.211. The highest BCUT2D eigenvalue weighted by Gasteiger charge is 2.50. The van der Waals surface area contributed by atoms with Crippen molar-refractivity contribution < 1.29 is 22.7 Å². The predicted octanol–water partition coefficient (Wildman–Crippen LogP) is 4.63. The molecule has 0 unspecified atom stereocenters. The topological polar surface area (TPSA) is 26.3 Å². The standard InChI is InChI=1S/C19H15F3O2/c1-2-11-18(17(23)24-12-19(20,21)22)15-9-5-3-7-13(15)14-8-4-6-10-16(14)18/h2-10H,1,11-12H2. The number of carbonyl (C=O) groups is 1. The van der Waals surface area contributed by atoms with Crippen LogP contribution in [0.2, 0.25) is 0 Å². The number of hydrogen-bond donors (Lipinski definition) is 0. The SMILES string of the molecule is C=CCC1(C(=O)OCC(F)(F)F)c2ccccc2-c2ccccc21. The van der Waals surface area contributed by atoms with Crippen LogP contribution in [-0.4, -0.2) is 18.8 Å². The van der Waals surface area contributed by atoms with E-state index in [1.165, 1.54) is 6.08 Å². The molecule has 0 heterocycles. The van der Waals surface area contributed by atoms with E-state index in [9.17, 15) is 18.0 Å². The summed E-state index contributed by atoms with van der Waals surface area (Å²) >= 11 is 0. The van der Waals surface area contributed by atoms with E-state index in [0.29, 0.717) is 11.1 Å². The second kappa shape index (κ2) is 5.82. The van der Waals surface area contributed by atoms with Crippen molar-refractivity contribution in [1.29, 1.82) is 0 Å². The van der Waals surface area contributed by atoms with E-state index in [1.807, 2.05) is 24.3 Å². The van der Waals surface area contributed by atoms with Crippen LogP contribution in [0.25, 0.3) is 11.1 Å². The van der Waals surface area contributed by atoms with Crippen LogP contribution in [0.1, 0.15) is 17.5 Å². The number of halogens is 3. The number of fused-ring (bicyclic) bond motifs is 3. The van der Waals surface area contributed by atoms with Gasteiger partial charge in [0.2, 0.25) is 0 Å². The lowest BCUT2D eigenvalue weighted by Crippen LogP contribution is -2.38. The number of allylic oxidation sites excluding steroid dienone is 1. The van der Waals surface area contributed by atoms with Gasteiger partial charge < -0.3 is 4.74 Å². The zero-order valence-corrected chi connectivity index (χ0v) is 12.8. The number of hydrogen-bond acceptors (Lipinski definition) is 2. The smallest absolute Gasteiger partial charge is 0.422 e. The summed E-state index contributed by atoms with van der Waals surface area (Å²) < 4.78 is 42.2. The summed E-state index contributed by atoms with van der Waals surface area (Å²) in [7, 11) is 0. The Balaban J connectivity index is 2.16. The van der Waals surface area contributed by atoms with Crippen LogP contribution < -0.4 is 0 Å². The highest BCUT2D eigenvalue weighted by Crippen LogP contribution is 2.51. The van der Waals surface area contributed by atoms with Gasteiger partial charge in [0.25, 0.3) is 0 Å². The van der Waals surface area contributed by atoms with E-state index in [2.05, 4.69) is 11.3 Å². The fourth-order valence-corrected chi connectivity index (χ4v) is 3.34. The summed E-state index contributed by atoms with van der Waals surface area (Å²) in [5.74, 6) is -0.905. The first-order chi connectivity index (χ1) is 11.4. The number of carbonyl (C=O) groups excluding carboxylic acids is 1. The first kappa shape index (κ1) is 16.3. The van der Waals surface area contributed by atoms with Crippen molar-refractivity contribution in [2.24, 2.45) is 0 Å². The van der Waals surface area contributed by atoms with E-state index in [4.69, 9.17) is 0 Å². The number of benzene rings is 2. The Kier molecular flexibility index (Phi) is 3.95. The largest absolute Gasteiger partial charge is 0.455 e. The number of esters is 1. The zero-order valence-electron chi connectivity index (χ0n) is 12.8. The van der Waals surface area contributed by atoms with Crippen LogP contribution >= 0.6 is 0 Å². The van der Waals surface area contributed by atoms with E-state index in [0.717, 1.165) is 11.1 Å². The molecule has 0 aliphatic heterocycles. The summed E-state index contributed by atoms with van der Waals surface area (Å²) in [5, 5.41) is 0. The van der Waals surface area contributed by atoms with Crippen LogP contribution in [0.3, 0.4) is 0 Å². The third kappa shape index (κ3) is 2.50. The van der Waals surface area contributed by atoms with Gasteiger partial charge in [-0.2, -0.15) is 13.2 Å². The summed E-state index contributed by atoms with van der Waals surface area (Å²) in [6, 6.07) is 14.4. The van der Waals surface area contributed by atoms with E-state index >= 15 is 0 Å². The monoisotopic (exact) mass is 332 g/mol. The molecule has 5 heteroatoms. The molecule has 2 nitrogen and oxygen atoms in total. The molecule has 2 aromatic rings. The average Bonchev–Trinajstić information content (AvgIpc) is 2.84. The Morgan fingerprint density at radius 1 is 1.04 bits per heavy atom. The van der Waals surface area contributed by atoms with Crippen molar-refractivity contribution >= 4 is 5.97 Å². The minimum atomic E-state index is -4.57. The van der Waals surface area contributed by atoms with Crippen LogP contribution in [0.4, 0.5) is 13.2 Å². The second-order valence-electron chi connectivity index (χ2n) is 5.68. The molecule has 0 saturated carbocycles. The van der Waals surface area contributed by atoms with Gasteiger partial charge >= 0.3 is 12.1 Å². The van der Waals surface area contributed by atoms with Gasteiger partial charge in [0.15, 0.2) is 6.61 Å². The quantitative estimate of drug-likeness (QED) is 0.602. The highest BCUT2D eigenvalue weighted by molar-refractivity contribution is 5.98. The normalized spacial score (nSPS) is 14.6. The summed E-state index contributed by atoms with van der Waals surface area (Å²) in [5.41, 5.74) is 1.68. The zero-order chi connectivity index (χ0) is 17.4. The van der Waals surface area contributed by atoms with Crippen LogP contribution in [0.15, 0.2) is 61.2 Å². The lowest BCUT2D eigenvalue weighted by atomic mass is 9.75. The molecule has 0 aromatic heterocycles. The predicted molar refractivity (Wildman–Crippen MR) is 84.5 cm³/mol. The van der Waals surface area contributed by atoms with E-state index < -0.39 is 24.2 Å². The van der Waals surface area contributed by atoms with E-state index in [1.54, 1.807) is 24.3 Å². The van der Waals surface area contributed by atoms with Crippen LogP contribution in [0, 0.1) is 0 Å². The molecule has 24 heavy (non-hydrogen) atoms. The molecule has 0 atom stereocenters. The van der Waals surface area contributed by atoms with Crippen molar-refractivity contribution in [2.75, 3.05) is 6.61 Å². The van der Waals surface area contributed by atoms with Crippen molar-refractivity contribution in [2.45, 2.75) is 18.0 Å². The van der Waals surface area contributed by atoms with Crippen LogP contribution in [0.5, 0.6) is 0 Å². The molecule has 0 bridgehead atoms. The third-order valence-electron chi connectivity index (χ3n) is 4.23. The van der Waals surface area contributed by atoms with E-state index in [-0.39, 0.29) is 6.42 Å². The van der Waals surface area contributed by atoms with Crippen molar-refractivity contribution in [1.82, 2.24) is 0 Å². The first-order valence-electron chi connectivity index (χ1n) is 7.44.